The van der Waals surface area contributed by atoms with Gasteiger partial charge in [0, 0.05) is 0 Å². The highest BCUT2D eigenvalue weighted by molar-refractivity contribution is 4.92. The molecular formula is C12H20O6. The molecule has 6 atom stereocenters. The Morgan fingerprint density at radius 2 is 2.11 bits per heavy atom. The Kier molecular flexibility index (Phi) is 4.71. The van der Waals surface area contributed by atoms with Crippen molar-refractivity contribution >= 4 is 0 Å². The van der Waals surface area contributed by atoms with E-state index in [9.17, 15) is 10.2 Å². The summed E-state index contributed by atoms with van der Waals surface area (Å²) in [5.41, 5.74) is 0. The minimum absolute atomic E-state index is 0.241. The third-order valence-electron chi connectivity index (χ3n) is 3.11. The Hall–Kier alpha value is -0.500. The van der Waals surface area contributed by atoms with Crippen LogP contribution in [0.15, 0.2) is 12.7 Å². The van der Waals surface area contributed by atoms with E-state index in [1.165, 1.54) is 0 Å². The number of aliphatic hydroxyl groups is 2. The summed E-state index contributed by atoms with van der Waals surface area (Å²) < 4.78 is 21.8. The van der Waals surface area contributed by atoms with Crippen molar-refractivity contribution in [3.63, 3.8) is 0 Å². The molecule has 2 heterocycles. The van der Waals surface area contributed by atoms with Gasteiger partial charge in [-0.15, -0.1) is 6.58 Å². The Morgan fingerprint density at radius 3 is 2.78 bits per heavy atom. The Morgan fingerprint density at radius 1 is 1.33 bits per heavy atom. The summed E-state index contributed by atoms with van der Waals surface area (Å²) in [5.74, 6) is 0. The predicted octanol–water partition coefficient (Wildman–Crippen LogP) is -0.213. The molecule has 2 fully saturated rings. The zero-order valence-electron chi connectivity index (χ0n) is 10.4. The van der Waals surface area contributed by atoms with Crippen molar-refractivity contribution in [1.29, 1.82) is 0 Å². The summed E-state index contributed by atoms with van der Waals surface area (Å²) in [6.45, 7) is 6.00. The first-order valence-electron chi connectivity index (χ1n) is 6.18. The van der Waals surface area contributed by atoms with Crippen molar-refractivity contribution in [2.75, 3.05) is 13.2 Å². The van der Waals surface area contributed by atoms with Crippen molar-refractivity contribution in [2.24, 2.45) is 0 Å². The van der Waals surface area contributed by atoms with E-state index in [0.29, 0.717) is 13.0 Å². The van der Waals surface area contributed by atoms with Crippen molar-refractivity contribution in [3.05, 3.63) is 12.7 Å². The van der Waals surface area contributed by atoms with Crippen LogP contribution in [0.1, 0.15) is 13.3 Å². The molecule has 0 aliphatic carbocycles. The number of hydrogen-bond acceptors (Lipinski definition) is 6. The summed E-state index contributed by atoms with van der Waals surface area (Å²) in [5, 5.41) is 19.9. The third kappa shape index (κ3) is 2.74. The molecule has 6 heteroatoms. The van der Waals surface area contributed by atoms with Gasteiger partial charge in [0.2, 0.25) is 0 Å². The molecule has 0 radical (unpaired) electrons. The molecule has 6 nitrogen and oxygen atoms in total. The lowest BCUT2D eigenvalue weighted by Crippen LogP contribution is -2.63. The van der Waals surface area contributed by atoms with E-state index in [1.54, 1.807) is 6.08 Å². The van der Waals surface area contributed by atoms with Crippen molar-refractivity contribution in [3.8, 4) is 0 Å². The van der Waals surface area contributed by atoms with Crippen LogP contribution in [-0.4, -0.2) is 60.4 Å². The average Bonchev–Trinajstić information content (AvgIpc) is 2.41. The normalized spacial score (nSPS) is 44.4. The van der Waals surface area contributed by atoms with E-state index in [0.717, 1.165) is 0 Å². The van der Waals surface area contributed by atoms with Crippen LogP contribution in [0.3, 0.4) is 0 Å². The molecule has 0 aromatic rings. The van der Waals surface area contributed by atoms with Gasteiger partial charge in [-0.2, -0.15) is 0 Å². The van der Waals surface area contributed by atoms with Crippen LogP contribution in [0, 0.1) is 0 Å². The van der Waals surface area contributed by atoms with Crippen molar-refractivity contribution in [2.45, 2.75) is 50.3 Å². The Balaban J connectivity index is 1.99. The highest BCUT2D eigenvalue weighted by Crippen LogP contribution is 2.29. The van der Waals surface area contributed by atoms with Gasteiger partial charge in [0.15, 0.2) is 12.6 Å². The van der Waals surface area contributed by atoms with Crippen LogP contribution in [0.5, 0.6) is 0 Å². The molecule has 0 saturated carbocycles. The summed E-state index contributed by atoms with van der Waals surface area (Å²) in [6, 6.07) is 0. The van der Waals surface area contributed by atoms with Crippen LogP contribution in [0.2, 0.25) is 0 Å². The van der Waals surface area contributed by atoms with E-state index >= 15 is 0 Å². The van der Waals surface area contributed by atoms with Crippen LogP contribution >= 0.6 is 0 Å². The monoisotopic (exact) mass is 260 g/mol. The van der Waals surface area contributed by atoms with Crippen LogP contribution < -0.4 is 0 Å². The molecule has 0 bridgehead atoms. The average molecular weight is 260 g/mol. The Bertz CT molecular complexity index is 282. The minimum Gasteiger partial charge on any atom is -0.387 e. The second-order valence-electron chi connectivity index (χ2n) is 4.42. The third-order valence-corrected chi connectivity index (χ3v) is 3.11. The summed E-state index contributed by atoms with van der Waals surface area (Å²) >= 11 is 0. The van der Waals surface area contributed by atoms with Gasteiger partial charge in [0.05, 0.1) is 13.2 Å². The van der Waals surface area contributed by atoms with E-state index in [4.69, 9.17) is 18.9 Å². The van der Waals surface area contributed by atoms with Gasteiger partial charge in [-0.25, -0.2) is 0 Å². The van der Waals surface area contributed by atoms with Gasteiger partial charge in [-0.1, -0.05) is 13.0 Å². The number of ether oxygens (including phenoxy) is 4. The highest BCUT2D eigenvalue weighted by atomic mass is 16.8. The van der Waals surface area contributed by atoms with Gasteiger partial charge in [-0.3, -0.25) is 0 Å². The summed E-state index contributed by atoms with van der Waals surface area (Å²) in [7, 11) is 0. The maximum atomic E-state index is 10.0. The van der Waals surface area contributed by atoms with Crippen LogP contribution in [0.4, 0.5) is 0 Å². The molecular weight excluding hydrogens is 240 g/mol. The molecule has 0 spiro atoms. The standard InChI is InChI=1S/C12H20O6/c1-3-5-15-12-10(14)9(13)11-7(17-12)6-16-8(4-2)18-11/h3,7-14H,1,4-6H2,2H3/t7-,8+,9-,10-,11+,12+/m1/s1. The fourth-order valence-electron chi connectivity index (χ4n) is 2.14. The first kappa shape index (κ1) is 13.9. The smallest absolute Gasteiger partial charge is 0.187 e. The van der Waals surface area contributed by atoms with Gasteiger partial charge in [-0.05, 0) is 6.42 Å². The van der Waals surface area contributed by atoms with Crippen LogP contribution in [0.25, 0.3) is 0 Å². The number of fused-ring (bicyclic) bond motifs is 1. The van der Waals surface area contributed by atoms with E-state index in [2.05, 4.69) is 6.58 Å². The molecule has 18 heavy (non-hydrogen) atoms. The molecule has 0 unspecified atom stereocenters. The van der Waals surface area contributed by atoms with Gasteiger partial charge in [0.1, 0.15) is 24.4 Å². The maximum Gasteiger partial charge on any atom is 0.187 e. The summed E-state index contributed by atoms with van der Waals surface area (Å²) in [4.78, 5) is 0. The fourth-order valence-corrected chi connectivity index (χ4v) is 2.14. The number of rotatable bonds is 4. The Labute approximate surface area is 106 Å². The second kappa shape index (κ2) is 6.10. The number of hydrogen-bond donors (Lipinski definition) is 2. The lowest BCUT2D eigenvalue weighted by molar-refractivity contribution is -0.357. The minimum atomic E-state index is -1.14. The van der Waals surface area contributed by atoms with Gasteiger partial charge >= 0.3 is 0 Å². The lowest BCUT2D eigenvalue weighted by Gasteiger charge is -2.46. The maximum absolute atomic E-state index is 10.0. The van der Waals surface area contributed by atoms with E-state index < -0.39 is 30.7 Å². The molecule has 0 aromatic heterocycles. The largest absolute Gasteiger partial charge is 0.387 e. The first-order chi connectivity index (χ1) is 8.67. The van der Waals surface area contributed by atoms with Gasteiger partial charge < -0.3 is 29.2 Å². The van der Waals surface area contributed by atoms with Crippen molar-refractivity contribution in [1.82, 2.24) is 0 Å². The predicted molar refractivity (Wildman–Crippen MR) is 61.7 cm³/mol. The molecule has 2 N–H and O–H groups in total. The van der Waals surface area contributed by atoms with Gasteiger partial charge in [0.25, 0.3) is 0 Å². The highest BCUT2D eigenvalue weighted by Gasteiger charge is 2.48. The molecule has 2 aliphatic heterocycles. The quantitative estimate of drug-likeness (QED) is 0.681. The van der Waals surface area contributed by atoms with E-state index in [1.807, 2.05) is 6.92 Å². The molecule has 2 rings (SSSR count). The molecule has 2 saturated heterocycles. The van der Waals surface area contributed by atoms with Crippen molar-refractivity contribution < 1.29 is 29.2 Å². The fraction of sp³-hybridized carbons (Fsp3) is 0.833. The molecule has 0 amide bonds. The molecule has 2 aliphatic rings. The number of aliphatic hydroxyl groups excluding tert-OH is 2. The molecule has 0 aromatic carbocycles. The second-order valence-corrected chi connectivity index (χ2v) is 4.42. The summed E-state index contributed by atoms with van der Waals surface area (Å²) in [6.07, 6.45) is -2.20. The zero-order chi connectivity index (χ0) is 13.1. The van der Waals surface area contributed by atoms with Crippen LogP contribution in [-0.2, 0) is 18.9 Å². The SMILES string of the molecule is C=CCO[C@H]1O[C@@H]2CO[C@H](CC)O[C@@H]2[C@H](O)[C@H]1O. The zero-order valence-corrected chi connectivity index (χ0v) is 10.4. The molecule has 104 valence electrons. The topological polar surface area (TPSA) is 77.4 Å². The lowest BCUT2D eigenvalue weighted by atomic mass is 9.98. The first-order valence-corrected chi connectivity index (χ1v) is 6.18. The van der Waals surface area contributed by atoms with E-state index in [-0.39, 0.29) is 12.9 Å².